The summed E-state index contributed by atoms with van der Waals surface area (Å²) in [6.07, 6.45) is 11.2. The highest BCUT2D eigenvalue weighted by atomic mass is 16.3. The molecule has 1 aromatic heterocycles. The minimum Gasteiger partial charge on any atom is -0.871 e. The number of aromatic hydroxyl groups is 1. The van der Waals surface area contributed by atoms with Crippen LogP contribution in [0.25, 0.3) is 22.6 Å². The van der Waals surface area contributed by atoms with Crippen molar-refractivity contribution in [3.05, 3.63) is 82.8 Å². The highest BCUT2D eigenvalue weighted by Gasteiger charge is 2.30. The van der Waals surface area contributed by atoms with E-state index in [0.29, 0.717) is 5.56 Å². The van der Waals surface area contributed by atoms with Crippen molar-refractivity contribution in [3.8, 4) is 5.75 Å². The fourth-order valence-corrected chi connectivity index (χ4v) is 4.49. The number of Topliss-reactive ketones (excluding diaryl/α,β-unsaturated/α-hetero) is 1. The Morgan fingerprint density at radius 3 is 2.52 bits per heavy atom. The predicted octanol–water partition coefficient (Wildman–Crippen LogP) is 5.24. The molecule has 4 heteroatoms. The van der Waals surface area contributed by atoms with Crippen molar-refractivity contribution in [1.29, 1.82) is 0 Å². The molecule has 0 spiro atoms. The van der Waals surface area contributed by atoms with E-state index in [-0.39, 0.29) is 28.4 Å². The zero-order valence-electron chi connectivity index (χ0n) is 19.4. The maximum Gasteiger partial charge on any atom is 0.213 e. The standard InChI is InChI=1S/C29H31NO3/c1-3-4-5-6-7-10-16-30-17-15-21(22-11-8-9-12-25(22)30)19-24-28(32)27(29(24)33)23-14-13-20(2)18-26(23)31/h8-9,11-15,17-19H,3-7,10,16H2,1-2H3,(H,32,33). The number of benzene rings is 2. The Balaban J connectivity index is 1.59. The molecular weight excluding hydrogens is 410 g/mol. The molecule has 4 rings (SSSR count). The number of nitrogens with zero attached hydrogens (tertiary/aromatic N) is 1. The number of aromatic nitrogens is 1. The summed E-state index contributed by atoms with van der Waals surface area (Å²) in [5, 5.41) is 24.0. The Hall–Kier alpha value is -3.40. The van der Waals surface area contributed by atoms with Crippen molar-refractivity contribution < 1.29 is 19.6 Å². The quantitative estimate of drug-likeness (QED) is 0.281. The van der Waals surface area contributed by atoms with E-state index in [2.05, 4.69) is 17.6 Å². The third-order valence-electron chi connectivity index (χ3n) is 6.38. The minimum atomic E-state index is -0.313. The summed E-state index contributed by atoms with van der Waals surface area (Å²) >= 11 is 0. The van der Waals surface area contributed by atoms with Crippen LogP contribution in [0, 0.1) is 6.92 Å². The maximum absolute atomic E-state index is 12.8. The number of aryl methyl sites for hydroxylation is 2. The molecule has 1 aliphatic carbocycles. The van der Waals surface area contributed by atoms with Crippen molar-refractivity contribution in [1.82, 2.24) is 0 Å². The SMILES string of the molecule is CCCCCCCC[n+]1ccc(/C=C2\C(=O)C(c3ccc(C)cc3O)=C2[O-])c2ccccc21. The molecule has 0 unspecified atom stereocenters. The van der Waals surface area contributed by atoms with Crippen molar-refractivity contribution in [2.45, 2.75) is 58.9 Å². The van der Waals surface area contributed by atoms with Crippen molar-refractivity contribution in [2.24, 2.45) is 0 Å². The van der Waals surface area contributed by atoms with Crippen LogP contribution < -0.4 is 9.67 Å². The predicted molar refractivity (Wildman–Crippen MR) is 130 cm³/mol. The zero-order chi connectivity index (χ0) is 23.4. The molecule has 0 bridgehead atoms. The number of para-hydroxylation sites is 1. The number of ketones is 1. The topological polar surface area (TPSA) is 64.2 Å². The first-order valence-corrected chi connectivity index (χ1v) is 11.9. The van der Waals surface area contributed by atoms with E-state index >= 15 is 0 Å². The lowest BCUT2D eigenvalue weighted by atomic mass is 9.82. The van der Waals surface area contributed by atoms with Crippen LogP contribution in [0.1, 0.15) is 62.1 Å². The van der Waals surface area contributed by atoms with Gasteiger partial charge in [0, 0.05) is 35.3 Å². The van der Waals surface area contributed by atoms with Gasteiger partial charge in [0.1, 0.15) is 12.3 Å². The molecule has 0 atom stereocenters. The van der Waals surface area contributed by atoms with Gasteiger partial charge in [-0.15, -0.1) is 0 Å². The van der Waals surface area contributed by atoms with Gasteiger partial charge in [-0.3, -0.25) is 4.79 Å². The molecule has 1 aliphatic rings. The molecule has 1 heterocycles. The molecule has 0 amide bonds. The molecule has 4 nitrogen and oxygen atoms in total. The number of phenols is 1. The second kappa shape index (κ2) is 10.0. The van der Waals surface area contributed by atoms with Crippen LogP contribution >= 0.6 is 0 Å². The van der Waals surface area contributed by atoms with Gasteiger partial charge >= 0.3 is 0 Å². The van der Waals surface area contributed by atoms with Gasteiger partial charge < -0.3 is 10.2 Å². The van der Waals surface area contributed by atoms with Gasteiger partial charge in [-0.25, -0.2) is 0 Å². The molecule has 3 aromatic rings. The maximum atomic E-state index is 12.8. The lowest BCUT2D eigenvalue weighted by Gasteiger charge is -2.31. The number of carbonyl (C=O) groups excluding carboxylic acids is 1. The summed E-state index contributed by atoms with van der Waals surface area (Å²) in [7, 11) is 0. The first-order valence-electron chi connectivity index (χ1n) is 11.9. The number of fused-ring (bicyclic) bond motifs is 1. The molecule has 1 N–H and O–H groups in total. The second-order valence-corrected chi connectivity index (χ2v) is 8.86. The number of hydrogen-bond acceptors (Lipinski definition) is 3. The van der Waals surface area contributed by atoms with Gasteiger partial charge in [0.2, 0.25) is 5.52 Å². The van der Waals surface area contributed by atoms with Crippen LogP contribution in [-0.2, 0) is 11.3 Å². The molecule has 33 heavy (non-hydrogen) atoms. The van der Waals surface area contributed by atoms with Crippen molar-refractivity contribution >= 4 is 28.3 Å². The minimum absolute atomic E-state index is 0.0355. The van der Waals surface area contributed by atoms with Crippen molar-refractivity contribution in [2.75, 3.05) is 0 Å². The number of unbranched alkanes of at least 4 members (excludes halogenated alkanes) is 5. The second-order valence-electron chi connectivity index (χ2n) is 8.86. The van der Waals surface area contributed by atoms with Gasteiger partial charge in [0.25, 0.3) is 0 Å². The van der Waals surface area contributed by atoms with E-state index in [4.69, 9.17) is 0 Å². The Labute approximate surface area is 195 Å². The van der Waals surface area contributed by atoms with E-state index < -0.39 is 0 Å². The van der Waals surface area contributed by atoms with Crippen LogP contribution in [-0.4, -0.2) is 10.9 Å². The first kappa shape index (κ1) is 22.8. The van der Waals surface area contributed by atoms with Crippen LogP contribution in [0.15, 0.2) is 66.1 Å². The van der Waals surface area contributed by atoms with E-state index in [1.165, 1.54) is 32.1 Å². The van der Waals surface area contributed by atoms with Crippen molar-refractivity contribution in [3.63, 3.8) is 0 Å². The van der Waals surface area contributed by atoms with Gasteiger partial charge in [-0.05, 0) is 42.7 Å². The van der Waals surface area contributed by atoms with Gasteiger partial charge in [0.15, 0.2) is 12.0 Å². The van der Waals surface area contributed by atoms with Crippen LogP contribution in [0.3, 0.4) is 0 Å². The van der Waals surface area contributed by atoms with E-state index in [1.54, 1.807) is 24.3 Å². The van der Waals surface area contributed by atoms with Gasteiger partial charge in [0.05, 0.1) is 5.39 Å². The number of hydrogen-bond donors (Lipinski definition) is 1. The first-order chi connectivity index (χ1) is 16.0. The third-order valence-corrected chi connectivity index (χ3v) is 6.38. The fourth-order valence-electron chi connectivity index (χ4n) is 4.49. The van der Waals surface area contributed by atoms with Gasteiger partial charge in [-0.1, -0.05) is 62.6 Å². The smallest absolute Gasteiger partial charge is 0.213 e. The van der Waals surface area contributed by atoms with Crippen LogP contribution in [0.4, 0.5) is 0 Å². The summed E-state index contributed by atoms with van der Waals surface area (Å²) in [5.41, 5.74) is 3.37. The summed E-state index contributed by atoms with van der Waals surface area (Å²) in [6, 6.07) is 15.1. The third kappa shape index (κ3) is 4.70. The van der Waals surface area contributed by atoms with Gasteiger partial charge in [-0.2, -0.15) is 4.57 Å². The summed E-state index contributed by atoms with van der Waals surface area (Å²) in [5.74, 6) is -0.661. The highest BCUT2D eigenvalue weighted by Crippen LogP contribution is 2.39. The highest BCUT2D eigenvalue weighted by molar-refractivity contribution is 6.40. The number of allylic oxidation sites excluding steroid dienone is 2. The van der Waals surface area contributed by atoms with E-state index in [0.717, 1.165) is 35.0 Å². The molecule has 2 aromatic carbocycles. The number of pyridine rings is 1. The average molecular weight is 442 g/mol. The summed E-state index contributed by atoms with van der Waals surface area (Å²) in [4.78, 5) is 12.8. The molecular formula is C29H31NO3. The summed E-state index contributed by atoms with van der Waals surface area (Å²) < 4.78 is 2.25. The average Bonchev–Trinajstić information content (AvgIpc) is 2.82. The number of phenolic OH excluding ortho intramolecular Hbond substituents is 1. The molecule has 0 saturated carbocycles. The lowest BCUT2D eigenvalue weighted by molar-refractivity contribution is -0.671. The van der Waals surface area contributed by atoms with Crippen LogP contribution in [0.5, 0.6) is 5.75 Å². The monoisotopic (exact) mass is 441 g/mol. The molecule has 170 valence electrons. The Morgan fingerprint density at radius 2 is 1.76 bits per heavy atom. The Kier molecular flexibility index (Phi) is 6.93. The fraction of sp³-hybridized carbons (Fsp3) is 0.310. The zero-order valence-corrected chi connectivity index (χ0v) is 19.4. The normalized spacial score (nSPS) is 14.8. The molecule has 0 fully saturated rings. The Bertz CT molecular complexity index is 1250. The number of rotatable bonds is 9. The number of carbonyl (C=O) groups is 1. The van der Waals surface area contributed by atoms with E-state index in [1.807, 2.05) is 37.4 Å². The van der Waals surface area contributed by atoms with E-state index in [9.17, 15) is 15.0 Å². The largest absolute Gasteiger partial charge is 0.871 e. The molecule has 0 aliphatic heterocycles. The summed E-state index contributed by atoms with van der Waals surface area (Å²) in [6.45, 7) is 5.03. The Morgan fingerprint density at radius 1 is 1.00 bits per heavy atom. The molecule has 0 radical (unpaired) electrons. The van der Waals surface area contributed by atoms with Crippen LogP contribution in [0.2, 0.25) is 0 Å². The molecule has 0 saturated heterocycles. The lowest BCUT2D eigenvalue weighted by Crippen LogP contribution is -2.34.